The molecule has 0 aliphatic rings. The number of rotatable bonds is 7. The van der Waals surface area contributed by atoms with E-state index in [4.69, 9.17) is 0 Å². The first-order valence-corrected chi connectivity index (χ1v) is 13.0. The number of sulfonamides is 1. The monoisotopic (exact) mass is 507 g/mol. The van der Waals surface area contributed by atoms with Crippen molar-refractivity contribution in [2.45, 2.75) is 45.2 Å². The van der Waals surface area contributed by atoms with Gasteiger partial charge < -0.3 is 10.3 Å². The van der Waals surface area contributed by atoms with E-state index in [2.05, 4.69) is 20.1 Å². The highest BCUT2D eigenvalue weighted by Crippen LogP contribution is 2.30. The number of aryl methyl sites for hydroxylation is 2. The third-order valence-electron chi connectivity index (χ3n) is 6.14. The summed E-state index contributed by atoms with van der Waals surface area (Å²) in [5.41, 5.74) is 4.54. The molecule has 0 atom stereocenters. The van der Waals surface area contributed by atoms with Crippen LogP contribution in [0.4, 0.5) is 0 Å². The molecule has 9 nitrogen and oxygen atoms in total. The average molecular weight is 508 g/mol. The lowest BCUT2D eigenvalue weighted by Crippen LogP contribution is -2.28. The lowest BCUT2D eigenvalue weighted by atomic mass is 9.99. The van der Waals surface area contributed by atoms with Crippen LogP contribution in [0.5, 0.6) is 0 Å². The summed E-state index contributed by atoms with van der Waals surface area (Å²) in [4.78, 5) is 28.7. The molecule has 188 valence electrons. The molecule has 0 unspecified atom stereocenters. The van der Waals surface area contributed by atoms with Crippen molar-refractivity contribution >= 4 is 26.8 Å². The zero-order valence-corrected chi connectivity index (χ0v) is 21.7. The van der Waals surface area contributed by atoms with Crippen molar-refractivity contribution in [1.82, 2.24) is 24.8 Å². The first kappa shape index (κ1) is 25.3. The molecule has 0 saturated heterocycles. The van der Waals surface area contributed by atoms with Crippen molar-refractivity contribution in [3.05, 3.63) is 81.4 Å². The van der Waals surface area contributed by atoms with Gasteiger partial charge in [0.25, 0.3) is 11.5 Å². The van der Waals surface area contributed by atoms with Crippen molar-refractivity contribution < 1.29 is 13.2 Å². The fraction of sp³-hybridized carbons (Fsp3) is 0.269. The van der Waals surface area contributed by atoms with Gasteiger partial charge in [-0.1, -0.05) is 12.1 Å². The summed E-state index contributed by atoms with van der Waals surface area (Å²) in [5.74, 6) is -0.334. The zero-order valence-electron chi connectivity index (χ0n) is 20.8. The molecule has 10 heteroatoms. The third kappa shape index (κ3) is 4.82. The van der Waals surface area contributed by atoms with Crippen molar-refractivity contribution in [3.63, 3.8) is 0 Å². The smallest absolute Gasteiger partial charge is 0.253 e. The van der Waals surface area contributed by atoms with E-state index in [9.17, 15) is 18.0 Å². The normalized spacial score (nSPS) is 11.8. The summed E-state index contributed by atoms with van der Waals surface area (Å²) < 4.78 is 28.4. The van der Waals surface area contributed by atoms with Crippen LogP contribution < -0.4 is 15.6 Å². The van der Waals surface area contributed by atoms with E-state index in [0.29, 0.717) is 16.5 Å². The molecule has 0 saturated carbocycles. The van der Waals surface area contributed by atoms with Crippen LogP contribution in [0.3, 0.4) is 0 Å². The number of hydrogen-bond donors (Lipinski definition) is 3. The Morgan fingerprint density at radius 1 is 1.08 bits per heavy atom. The van der Waals surface area contributed by atoms with Crippen LogP contribution in [0.2, 0.25) is 0 Å². The van der Waals surface area contributed by atoms with Gasteiger partial charge in [0, 0.05) is 29.2 Å². The summed E-state index contributed by atoms with van der Waals surface area (Å²) in [6.07, 6.45) is 1.67. The molecule has 2 aromatic heterocycles. The molecule has 1 amide bonds. The van der Waals surface area contributed by atoms with Gasteiger partial charge in [0.1, 0.15) is 0 Å². The molecule has 0 radical (unpaired) electrons. The number of carbonyl (C=O) groups is 1. The minimum Gasteiger partial charge on any atom is -0.348 e. The Bertz CT molecular complexity index is 1620. The summed E-state index contributed by atoms with van der Waals surface area (Å²) in [5, 5.41) is 8.05. The number of fused-ring (bicyclic) bond motifs is 1. The van der Waals surface area contributed by atoms with Crippen LogP contribution in [0.1, 0.15) is 47.1 Å². The Labute approximate surface area is 209 Å². The zero-order chi connectivity index (χ0) is 26.2. The summed E-state index contributed by atoms with van der Waals surface area (Å²) >= 11 is 0. The molecule has 2 heterocycles. The van der Waals surface area contributed by atoms with Crippen LogP contribution in [0, 0.1) is 13.8 Å². The van der Waals surface area contributed by atoms with E-state index in [-0.39, 0.29) is 28.9 Å². The highest BCUT2D eigenvalue weighted by molar-refractivity contribution is 7.89. The molecule has 2 aromatic carbocycles. The fourth-order valence-electron chi connectivity index (χ4n) is 4.22. The SMILES string of the molecule is CNS(=O)(=O)c1ccc(-c2cc(C(=O)NCc3c(C)cc(C)[nH]c3=O)c3cnn(C(C)C)c3c2)cc1. The van der Waals surface area contributed by atoms with E-state index in [1.807, 2.05) is 44.5 Å². The highest BCUT2D eigenvalue weighted by Gasteiger charge is 2.19. The van der Waals surface area contributed by atoms with Crippen LogP contribution in [-0.2, 0) is 16.6 Å². The molecule has 0 aliphatic heterocycles. The van der Waals surface area contributed by atoms with Crippen molar-refractivity contribution in [3.8, 4) is 11.1 Å². The second-order valence-corrected chi connectivity index (χ2v) is 10.9. The van der Waals surface area contributed by atoms with Crippen LogP contribution in [-0.4, -0.2) is 36.1 Å². The Morgan fingerprint density at radius 2 is 1.78 bits per heavy atom. The number of hydrogen-bond acceptors (Lipinski definition) is 5. The number of pyridine rings is 1. The van der Waals surface area contributed by atoms with Gasteiger partial charge in [-0.15, -0.1) is 0 Å². The second kappa shape index (κ2) is 9.71. The predicted octanol–water partition coefficient (Wildman–Crippen LogP) is 3.43. The topological polar surface area (TPSA) is 126 Å². The van der Waals surface area contributed by atoms with E-state index < -0.39 is 10.0 Å². The van der Waals surface area contributed by atoms with Gasteiger partial charge >= 0.3 is 0 Å². The first-order chi connectivity index (χ1) is 17.0. The molecule has 0 aliphatic carbocycles. The molecule has 0 bridgehead atoms. The molecule has 0 fully saturated rings. The maximum atomic E-state index is 13.4. The van der Waals surface area contributed by atoms with Crippen LogP contribution >= 0.6 is 0 Å². The summed E-state index contributed by atoms with van der Waals surface area (Å²) in [6.45, 7) is 7.74. The Morgan fingerprint density at radius 3 is 2.39 bits per heavy atom. The molecule has 36 heavy (non-hydrogen) atoms. The van der Waals surface area contributed by atoms with E-state index in [0.717, 1.165) is 27.9 Å². The van der Waals surface area contributed by atoms with Gasteiger partial charge in [0.2, 0.25) is 10.0 Å². The third-order valence-corrected chi connectivity index (χ3v) is 7.57. The van der Waals surface area contributed by atoms with Gasteiger partial charge in [-0.25, -0.2) is 13.1 Å². The van der Waals surface area contributed by atoms with Gasteiger partial charge in [-0.2, -0.15) is 5.10 Å². The number of H-pyrrole nitrogens is 1. The molecule has 3 N–H and O–H groups in total. The number of aromatic nitrogens is 3. The molecule has 4 rings (SSSR count). The van der Waals surface area contributed by atoms with Crippen LogP contribution in [0.15, 0.2) is 58.4 Å². The second-order valence-electron chi connectivity index (χ2n) is 9.00. The lowest BCUT2D eigenvalue weighted by Gasteiger charge is -2.13. The number of benzene rings is 2. The Balaban J connectivity index is 1.76. The maximum Gasteiger partial charge on any atom is 0.253 e. The summed E-state index contributed by atoms with van der Waals surface area (Å²) in [6, 6.07) is 12.1. The highest BCUT2D eigenvalue weighted by atomic mass is 32.2. The van der Waals surface area contributed by atoms with Crippen molar-refractivity contribution in [2.75, 3.05) is 7.05 Å². The standard InChI is InChI=1S/C26H29N5O4S/c1-15(2)31-24-12-19(18-6-8-20(9-7-18)36(34,35)27-5)11-21(23(24)14-29-31)25(32)28-13-22-16(3)10-17(4)30-26(22)33/h6-12,14-15,27H,13H2,1-5H3,(H,28,32)(H,30,33). The van der Waals surface area contributed by atoms with E-state index >= 15 is 0 Å². The number of aromatic amines is 1. The average Bonchev–Trinajstić information content (AvgIpc) is 3.27. The largest absolute Gasteiger partial charge is 0.348 e. The Kier molecular flexibility index (Phi) is 6.83. The lowest BCUT2D eigenvalue weighted by molar-refractivity contribution is 0.0952. The summed E-state index contributed by atoms with van der Waals surface area (Å²) in [7, 11) is -2.20. The van der Waals surface area contributed by atoms with Crippen LogP contribution in [0.25, 0.3) is 22.0 Å². The molecule has 4 aromatic rings. The minimum absolute atomic E-state index is 0.0607. The maximum absolute atomic E-state index is 13.4. The molecular weight excluding hydrogens is 478 g/mol. The van der Waals surface area contributed by atoms with E-state index in [1.165, 1.54) is 19.2 Å². The van der Waals surface area contributed by atoms with E-state index in [1.54, 1.807) is 24.4 Å². The number of carbonyl (C=O) groups excluding carboxylic acids is 1. The fourth-order valence-corrected chi connectivity index (χ4v) is 4.95. The number of amides is 1. The number of nitrogens with zero attached hydrogens (tertiary/aromatic N) is 2. The van der Waals surface area contributed by atoms with Crippen molar-refractivity contribution in [1.29, 1.82) is 0 Å². The Hall–Kier alpha value is -3.76. The van der Waals surface area contributed by atoms with Crippen molar-refractivity contribution in [2.24, 2.45) is 0 Å². The quantitative estimate of drug-likeness (QED) is 0.353. The van der Waals surface area contributed by atoms with Gasteiger partial charge in [-0.3, -0.25) is 14.3 Å². The van der Waals surface area contributed by atoms with Gasteiger partial charge in [0.05, 0.1) is 22.2 Å². The van der Waals surface area contributed by atoms with Gasteiger partial charge in [-0.05, 0) is 81.8 Å². The number of nitrogens with one attached hydrogen (secondary N) is 3. The first-order valence-electron chi connectivity index (χ1n) is 11.5. The molecule has 0 spiro atoms. The van der Waals surface area contributed by atoms with Gasteiger partial charge in [0.15, 0.2) is 0 Å². The molecular formula is C26H29N5O4S. The minimum atomic E-state index is -3.56. The predicted molar refractivity (Wildman–Crippen MR) is 140 cm³/mol.